The van der Waals surface area contributed by atoms with Crippen molar-refractivity contribution in [3.8, 4) is 0 Å². The lowest BCUT2D eigenvalue weighted by atomic mass is 10.3. The Morgan fingerprint density at radius 1 is 1.42 bits per heavy atom. The zero-order valence-electron chi connectivity index (χ0n) is 10.8. The number of nitrogens with one attached hydrogen (secondary N) is 2. The van der Waals surface area contributed by atoms with Gasteiger partial charge in [0.15, 0.2) is 0 Å². The molecule has 104 valence electrons. The van der Waals surface area contributed by atoms with E-state index in [-0.39, 0.29) is 16.1 Å². The summed E-state index contributed by atoms with van der Waals surface area (Å²) in [4.78, 5) is 12.7. The number of carbonyl (C=O) groups is 1. The largest absolute Gasteiger partial charge is 0.324 e. The van der Waals surface area contributed by atoms with Crippen LogP contribution in [-0.4, -0.2) is 26.1 Å². The van der Waals surface area contributed by atoms with E-state index in [4.69, 9.17) is 0 Å². The lowest BCUT2D eigenvalue weighted by Gasteiger charge is -2.21. The Morgan fingerprint density at radius 3 is 2.84 bits per heavy atom. The molecular weight excluding hydrogens is 284 g/mol. The normalized spacial score (nSPS) is 18.8. The van der Waals surface area contributed by atoms with Crippen molar-refractivity contribution in [1.29, 1.82) is 0 Å². The van der Waals surface area contributed by atoms with Crippen LogP contribution in [0.15, 0.2) is 28.0 Å². The molecule has 2 rings (SSSR count). The smallest absolute Gasteiger partial charge is 0.240 e. The van der Waals surface area contributed by atoms with Gasteiger partial charge in [0.1, 0.15) is 0 Å². The fourth-order valence-electron chi connectivity index (χ4n) is 1.67. The third-order valence-corrected chi connectivity index (χ3v) is 5.37. The van der Waals surface area contributed by atoms with E-state index in [1.807, 2.05) is 13.8 Å². The topological polar surface area (TPSA) is 75.3 Å². The van der Waals surface area contributed by atoms with E-state index >= 15 is 0 Å². The van der Waals surface area contributed by atoms with E-state index in [0.29, 0.717) is 12.2 Å². The summed E-state index contributed by atoms with van der Waals surface area (Å²) in [5.74, 6) is -0.103. The molecule has 0 aliphatic carbocycles. The van der Waals surface area contributed by atoms with Crippen LogP contribution in [0.25, 0.3) is 0 Å². The summed E-state index contributed by atoms with van der Waals surface area (Å²) in [7, 11) is -3.50. The molecule has 19 heavy (non-hydrogen) atoms. The molecule has 7 heteroatoms. The number of thioether (sulfide) groups is 1. The summed E-state index contributed by atoms with van der Waals surface area (Å²) in [6.45, 7) is 4.11. The Morgan fingerprint density at radius 2 is 2.16 bits per heavy atom. The molecule has 1 aromatic carbocycles. The molecule has 0 radical (unpaired) electrons. The number of benzene rings is 1. The van der Waals surface area contributed by atoms with E-state index in [1.54, 1.807) is 12.1 Å². The molecule has 1 heterocycles. The van der Waals surface area contributed by atoms with Crippen molar-refractivity contribution in [2.24, 2.45) is 0 Å². The van der Waals surface area contributed by atoms with Gasteiger partial charge in [-0.1, -0.05) is 6.92 Å². The lowest BCUT2D eigenvalue weighted by Crippen LogP contribution is -2.27. The van der Waals surface area contributed by atoms with Crippen molar-refractivity contribution < 1.29 is 13.2 Å². The molecule has 5 nitrogen and oxygen atoms in total. The van der Waals surface area contributed by atoms with Crippen molar-refractivity contribution in [3.05, 3.63) is 18.2 Å². The molecule has 1 aromatic rings. The van der Waals surface area contributed by atoms with Crippen LogP contribution in [0.2, 0.25) is 0 Å². The molecule has 2 N–H and O–H groups in total. The van der Waals surface area contributed by atoms with Gasteiger partial charge in [-0.05, 0) is 31.5 Å². The second-order valence-corrected chi connectivity index (χ2v) is 7.45. The number of carbonyl (C=O) groups excluding carboxylic acids is 1. The van der Waals surface area contributed by atoms with E-state index in [9.17, 15) is 13.2 Å². The summed E-state index contributed by atoms with van der Waals surface area (Å²) < 4.78 is 26.5. The van der Waals surface area contributed by atoms with Crippen LogP contribution in [0.3, 0.4) is 0 Å². The number of rotatable bonds is 4. The first-order valence-corrected chi connectivity index (χ1v) is 8.41. The zero-order chi connectivity index (χ0) is 14.0. The molecule has 0 saturated heterocycles. The van der Waals surface area contributed by atoms with Crippen molar-refractivity contribution in [2.45, 2.75) is 35.3 Å². The van der Waals surface area contributed by atoms with Crippen molar-refractivity contribution >= 4 is 33.4 Å². The Hall–Kier alpha value is -1.05. The average Bonchev–Trinajstić information content (AvgIpc) is 2.37. The van der Waals surface area contributed by atoms with E-state index in [1.165, 1.54) is 17.8 Å². The molecule has 0 aromatic heterocycles. The first-order chi connectivity index (χ1) is 8.94. The lowest BCUT2D eigenvalue weighted by molar-refractivity contribution is -0.115. The fraction of sp³-hybridized carbons (Fsp3) is 0.417. The molecule has 1 atom stereocenters. The Balaban J connectivity index is 2.32. The SMILES string of the molecule is CCCNS(=O)(=O)c1ccc2c(c1)NC(=O)C(C)S2. The van der Waals surface area contributed by atoms with Gasteiger partial charge in [0.25, 0.3) is 0 Å². The first kappa shape index (κ1) is 14.4. The molecule has 0 fully saturated rings. The molecule has 1 aliphatic rings. The van der Waals surface area contributed by atoms with Crippen LogP contribution in [0.4, 0.5) is 5.69 Å². The maximum absolute atomic E-state index is 12.0. The fourth-order valence-corrected chi connectivity index (χ4v) is 3.76. The highest BCUT2D eigenvalue weighted by Crippen LogP contribution is 2.36. The second kappa shape index (κ2) is 5.52. The Kier molecular flexibility index (Phi) is 4.17. The standard InChI is InChI=1S/C12H16N2O3S2/c1-3-6-13-19(16,17)9-4-5-11-10(7-9)14-12(15)8(2)18-11/h4-5,7-8,13H,3,6H2,1-2H3,(H,14,15). The summed E-state index contributed by atoms with van der Waals surface area (Å²) in [6, 6.07) is 4.80. The highest BCUT2D eigenvalue weighted by Gasteiger charge is 2.24. The maximum Gasteiger partial charge on any atom is 0.240 e. The molecule has 0 spiro atoms. The molecule has 0 saturated carbocycles. The predicted octanol–water partition coefficient (Wildman–Crippen LogP) is 1.81. The van der Waals surface area contributed by atoms with Crippen LogP contribution >= 0.6 is 11.8 Å². The third-order valence-electron chi connectivity index (χ3n) is 2.73. The Labute approximate surface area is 117 Å². The van der Waals surface area contributed by atoms with Crippen LogP contribution in [0.5, 0.6) is 0 Å². The van der Waals surface area contributed by atoms with Gasteiger partial charge in [0.05, 0.1) is 15.8 Å². The van der Waals surface area contributed by atoms with E-state index in [0.717, 1.165) is 11.3 Å². The monoisotopic (exact) mass is 300 g/mol. The van der Waals surface area contributed by atoms with E-state index in [2.05, 4.69) is 10.0 Å². The van der Waals surface area contributed by atoms with Gasteiger partial charge in [-0.15, -0.1) is 11.8 Å². The summed E-state index contributed by atoms with van der Waals surface area (Å²) in [6.07, 6.45) is 0.730. The van der Waals surface area contributed by atoms with Crippen LogP contribution < -0.4 is 10.0 Å². The highest BCUT2D eigenvalue weighted by molar-refractivity contribution is 8.01. The maximum atomic E-state index is 12.0. The number of hydrogen-bond donors (Lipinski definition) is 2. The second-order valence-electron chi connectivity index (χ2n) is 4.31. The third kappa shape index (κ3) is 3.10. The van der Waals surface area contributed by atoms with Crippen molar-refractivity contribution in [1.82, 2.24) is 4.72 Å². The quantitative estimate of drug-likeness (QED) is 0.889. The van der Waals surface area contributed by atoms with Gasteiger partial charge in [-0.3, -0.25) is 4.79 Å². The number of fused-ring (bicyclic) bond motifs is 1. The first-order valence-electron chi connectivity index (χ1n) is 6.05. The van der Waals surface area contributed by atoms with Gasteiger partial charge in [-0.25, -0.2) is 13.1 Å². The molecule has 1 aliphatic heterocycles. The molecule has 1 unspecified atom stereocenters. The highest BCUT2D eigenvalue weighted by atomic mass is 32.2. The summed E-state index contributed by atoms with van der Waals surface area (Å²) in [5.41, 5.74) is 0.562. The molecule has 0 bridgehead atoms. The van der Waals surface area contributed by atoms with Gasteiger partial charge in [-0.2, -0.15) is 0 Å². The van der Waals surface area contributed by atoms with Gasteiger partial charge < -0.3 is 5.32 Å². The number of amides is 1. The Bertz CT molecular complexity index is 599. The van der Waals surface area contributed by atoms with Gasteiger partial charge in [0, 0.05) is 11.4 Å². The summed E-state index contributed by atoms with van der Waals surface area (Å²) >= 11 is 1.43. The minimum Gasteiger partial charge on any atom is -0.324 e. The summed E-state index contributed by atoms with van der Waals surface area (Å²) in [5, 5.41) is 2.57. The number of hydrogen-bond acceptors (Lipinski definition) is 4. The predicted molar refractivity (Wildman–Crippen MR) is 75.9 cm³/mol. The minimum absolute atomic E-state index is 0.103. The van der Waals surface area contributed by atoms with E-state index < -0.39 is 10.0 Å². The van der Waals surface area contributed by atoms with Crippen LogP contribution in [0.1, 0.15) is 20.3 Å². The number of sulfonamides is 1. The van der Waals surface area contributed by atoms with Crippen molar-refractivity contribution in [3.63, 3.8) is 0 Å². The van der Waals surface area contributed by atoms with Crippen LogP contribution in [-0.2, 0) is 14.8 Å². The molecular formula is C12H16N2O3S2. The zero-order valence-corrected chi connectivity index (χ0v) is 12.4. The number of anilines is 1. The molecule has 1 amide bonds. The van der Waals surface area contributed by atoms with Crippen LogP contribution in [0, 0.1) is 0 Å². The average molecular weight is 300 g/mol. The van der Waals surface area contributed by atoms with Gasteiger partial charge >= 0.3 is 0 Å². The van der Waals surface area contributed by atoms with Gasteiger partial charge in [0.2, 0.25) is 15.9 Å². The minimum atomic E-state index is -3.50. The van der Waals surface area contributed by atoms with Crippen molar-refractivity contribution in [2.75, 3.05) is 11.9 Å².